The Morgan fingerprint density at radius 3 is 1.90 bits per heavy atom. The molecular weight excluding hydrogens is 272 g/mol. The molecule has 0 aromatic heterocycles. The summed E-state index contributed by atoms with van der Waals surface area (Å²) < 4.78 is 29.0. The molecule has 0 bridgehead atoms. The highest BCUT2D eigenvalue weighted by molar-refractivity contribution is 7.91. The van der Waals surface area contributed by atoms with Crippen LogP contribution in [0.2, 0.25) is 0 Å². The van der Waals surface area contributed by atoms with Crippen molar-refractivity contribution in [2.45, 2.75) is 25.3 Å². The smallest absolute Gasteiger partial charge is 0.202 e. The second-order valence-electron chi connectivity index (χ2n) is 3.88. The van der Waals surface area contributed by atoms with Gasteiger partial charge in [-0.15, -0.1) is 0 Å². The minimum absolute atomic E-state index is 0.290. The average molecular weight is 292 g/mol. The minimum atomic E-state index is -3.35. The van der Waals surface area contributed by atoms with E-state index in [-0.39, 0.29) is 10.8 Å². The predicted molar refractivity (Wildman–Crippen MR) is 81.1 cm³/mol. The summed E-state index contributed by atoms with van der Waals surface area (Å²) in [4.78, 5) is 0.290. The Bertz CT molecular complexity index is 578. The fourth-order valence-corrected chi connectivity index (χ4v) is 2.55. The number of rotatable bonds is 5. The van der Waals surface area contributed by atoms with Crippen molar-refractivity contribution in [3.05, 3.63) is 66.2 Å². The molecule has 0 atom stereocenters. The summed E-state index contributed by atoms with van der Waals surface area (Å²) in [7, 11) is -3.35. The van der Waals surface area contributed by atoms with E-state index in [0.717, 1.165) is 5.56 Å². The number of hydrogen-bond acceptors (Lipinski definition) is 3. The zero-order valence-corrected chi connectivity index (χ0v) is 12.6. The highest BCUT2D eigenvalue weighted by Gasteiger charge is 2.13. The van der Waals surface area contributed by atoms with E-state index >= 15 is 0 Å². The van der Waals surface area contributed by atoms with Crippen LogP contribution in [0.3, 0.4) is 0 Å². The van der Waals surface area contributed by atoms with Crippen LogP contribution in [0.1, 0.15) is 19.4 Å². The maximum absolute atomic E-state index is 11.9. The standard InChI is InChI=1S/C14H14O3S.C2H6/c15-18(16,14-9-5-2-6-10-14)12-17-11-13-7-3-1-4-8-13;1-2/h1-10H,11-12H2;1-2H3. The molecule has 0 saturated heterocycles. The Morgan fingerprint density at radius 1 is 0.850 bits per heavy atom. The second-order valence-corrected chi connectivity index (χ2v) is 5.82. The Morgan fingerprint density at radius 2 is 1.35 bits per heavy atom. The quantitative estimate of drug-likeness (QED) is 0.844. The third kappa shape index (κ3) is 5.15. The van der Waals surface area contributed by atoms with Gasteiger partial charge in [0.25, 0.3) is 0 Å². The maximum Gasteiger partial charge on any atom is 0.202 e. The monoisotopic (exact) mass is 292 g/mol. The third-order valence-corrected chi connectivity index (χ3v) is 3.92. The maximum atomic E-state index is 11.9. The lowest BCUT2D eigenvalue weighted by atomic mass is 10.2. The van der Waals surface area contributed by atoms with Crippen molar-refractivity contribution in [1.29, 1.82) is 0 Å². The molecule has 0 radical (unpaired) electrons. The molecule has 0 aliphatic carbocycles. The van der Waals surface area contributed by atoms with Crippen LogP contribution in [0.25, 0.3) is 0 Å². The van der Waals surface area contributed by atoms with E-state index in [4.69, 9.17) is 4.74 Å². The molecule has 20 heavy (non-hydrogen) atoms. The summed E-state index contributed by atoms with van der Waals surface area (Å²) in [5, 5.41) is 0. The molecule has 0 amide bonds. The molecule has 0 fully saturated rings. The van der Waals surface area contributed by atoms with Gasteiger partial charge >= 0.3 is 0 Å². The van der Waals surface area contributed by atoms with Gasteiger partial charge in [0.15, 0.2) is 5.94 Å². The van der Waals surface area contributed by atoms with E-state index in [1.165, 1.54) is 0 Å². The van der Waals surface area contributed by atoms with Crippen molar-refractivity contribution in [2.24, 2.45) is 0 Å². The molecule has 108 valence electrons. The summed E-state index contributed by atoms with van der Waals surface area (Å²) in [5.41, 5.74) is 0.959. The summed E-state index contributed by atoms with van der Waals surface area (Å²) in [6.45, 7) is 4.30. The van der Waals surface area contributed by atoms with Crippen LogP contribution in [0.15, 0.2) is 65.6 Å². The van der Waals surface area contributed by atoms with Crippen molar-refractivity contribution >= 4 is 9.84 Å². The Balaban J connectivity index is 0.000000956. The molecule has 0 aliphatic rings. The summed E-state index contributed by atoms with van der Waals surface area (Å²) in [6.07, 6.45) is 0. The lowest BCUT2D eigenvalue weighted by molar-refractivity contribution is 0.163. The van der Waals surface area contributed by atoms with Crippen molar-refractivity contribution in [3.8, 4) is 0 Å². The zero-order chi connectivity index (χ0) is 14.8. The van der Waals surface area contributed by atoms with Crippen molar-refractivity contribution in [2.75, 3.05) is 5.94 Å². The molecule has 0 heterocycles. The molecule has 0 N–H and O–H groups in total. The van der Waals surface area contributed by atoms with Crippen molar-refractivity contribution in [3.63, 3.8) is 0 Å². The summed E-state index contributed by atoms with van der Waals surface area (Å²) in [5.74, 6) is -0.300. The van der Waals surface area contributed by atoms with E-state index in [1.807, 2.05) is 44.2 Å². The lowest BCUT2D eigenvalue weighted by Crippen LogP contribution is -2.09. The number of benzene rings is 2. The zero-order valence-electron chi connectivity index (χ0n) is 11.8. The van der Waals surface area contributed by atoms with Gasteiger partial charge in [-0.25, -0.2) is 8.42 Å². The molecule has 4 heteroatoms. The van der Waals surface area contributed by atoms with E-state index in [2.05, 4.69) is 0 Å². The average Bonchev–Trinajstić information content (AvgIpc) is 2.51. The number of ether oxygens (including phenoxy) is 1. The first-order valence-electron chi connectivity index (χ1n) is 6.58. The molecule has 0 saturated carbocycles. The minimum Gasteiger partial charge on any atom is -0.360 e. The molecule has 2 aromatic rings. The number of hydrogen-bond donors (Lipinski definition) is 0. The lowest BCUT2D eigenvalue weighted by Gasteiger charge is -2.06. The van der Waals surface area contributed by atoms with E-state index in [1.54, 1.807) is 30.3 Å². The van der Waals surface area contributed by atoms with Gasteiger partial charge < -0.3 is 4.74 Å². The van der Waals surface area contributed by atoms with Gasteiger partial charge in [0.05, 0.1) is 11.5 Å². The van der Waals surface area contributed by atoms with Gasteiger partial charge in [-0.05, 0) is 17.7 Å². The molecule has 0 unspecified atom stereocenters. The number of sulfone groups is 1. The normalized spacial score (nSPS) is 10.5. The molecule has 2 aromatic carbocycles. The van der Waals surface area contributed by atoms with Gasteiger partial charge in [-0.2, -0.15) is 0 Å². The van der Waals surface area contributed by atoms with Gasteiger partial charge in [0, 0.05) is 0 Å². The molecule has 0 spiro atoms. The topological polar surface area (TPSA) is 43.4 Å². The van der Waals surface area contributed by atoms with Crippen LogP contribution in [-0.2, 0) is 21.2 Å². The largest absolute Gasteiger partial charge is 0.360 e. The van der Waals surface area contributed by atoms with Gasteiger partial charge in [-0.3, -0.25) is 0 Å². The predicted octanol–water partition coefficient (Wildman–Crippen LogP) is 3.66. The Kier molecular flexibility index (Phi) is 6.98. The fourth-order valence-electron chi connectivity index (χ4n) is 1.54. The second kappa shape index (κ2) is 8.51. The Labute approximate surface area is 121 Å². The molecule has 0 aliphatic heterocycles. The Hall–Kier alpha value is -1.65. The van der Waals surface area contributed by atoms with Gasteiger partial charge in [0.2, 0.25) is 9.84 Å². The summed E-state index contributed by atoms with van der Waals surface area (Å²) >= 11 is 0. The first-order valence-corrected chi connectivity index (χ1v) is 8.23. The van der Waals surface area contributed by atoms with Gasteiger partial charge in [-0.1, -0.05) is 62.4 Å². The van der Waals surface area contributed by atoms with Crippen LogP contribution < -0.4 is 0 Å². The van der Waals surface area contributed by atoms with Crippen LogP contribution in [0, 0.1) is 0 Å². The van der Waals surface area contributed by atoms with E-state index in [9.17, 15) is 8.42 Å². The van der Waals surface area contributed by atoms with Crippen LogP contribution in [0.4, 0.5) is 0 Å². The van der Waals surface area contributed by atoms with Crippen molar-refractivity contribution < 1.29 is 13.2 Å². The van der Waals surface area contributed by atoms with Crippen LogP contribution in [0.5, 0.6) is 0 Å². The van der Waals surface area contributed by atoms with Gasteiger partial charge in [0.1, 0.15) is 0 Å². The fraction of sp³-hybridized carbons (Fsp3) is 0.250. The first kappa shape index (κ1) is 16.4. The highest BCUT2D eigenvalue weighted by Crippen LogP contribution is 2.11. The summed E-state index contributed by atoms with van der Waals surface area (Å²) in [6, 6.07) is 17.8. The highest BCUT2D eigenvalue weighted by atomic mass is 32.2. The molecule has 2 rings (SSSR count). The van der Waals surface area contributed by atoms with Crippen LogP contribution >= 0.6 is 0 Å². The first-order chi connectivity index (χ1) is 9.68. The van der Waals surface area contributed by atoms with Crippen molar-refractivity contribution in [1.82, 2.24) is 0 Å². The molecular formula is C16H20O3S. The third-order valence-electron chi connectivity index (χ3n) is 2.45. The van der Waals surface area contributed by atoms with Crippen LogP contribution in [-0.4, -0.2) is 14.4 Å². The SMILES string of the molecule is CC.O=S(=O)(COCc1ccccc1)c1ccccc1. The molecule has 3 nitrogen and oxygen atoms in total. The van der Waals surface area contributed by atoms with E-state index in [0.29, 0.717) is 6.61 Å². The van der Waals surface area contributed by atoms with E-state index < -0.39 is 9.84 Å².